The zero-order chi connectivity index (χ0) is 28.1. The molecule has 2 atom stereocenters. The lowest BCUT2D eigenvalue weighted by molar-refractivity contribution is -0.155. The number of methoxy groups -OCH3 is 1. The molecule has 0 fully saturated rings. The minimum atomic E-state index is -1.26. The molecule has 1 N–H and O–H groups in total. The standard InChI is InChI=1S/C32H28FNO6/c1-38-28-17-16-23-19-34(26(32(36)37)18-24(23)30(28)39-20-21-10-4-2-5-11-21)31(35)29(22-12-6-3-7-13-22)40-27-15-9-8-14-25(27)33/h2-17,26,29H,18-20H2,1H3,(H,36,37)/t26-,29-/m1/s1. The van der Waals surface area contributed by atoms with E-state index in [2.05, 4.69) is 0 Å². The highest BCUT2D eigenvalue weighted by atomic mass is 19.1. The van der Waals surface area contributed by atoms with Gasteiger partial charge in [0.1, 0.15) is 12.6 Å². The van der Waals surface area contributed by atoms with Crippen molar-refractivity contribution in [3.8, 4) is 17.2 Å². The molecule has 0 saturated carbocycles. The Morgan fingerprint density at radius 2 is 1.60 bits per heavy atom. The van der Waals surface area contributed by atoms with Crippen molar-refractivity contribution < 1.29 is 33.3 Å². The van der Waals surface area contributed by atoms with Crippen molar-refractivity contribution in [1.29, 1.82) is 0 Å². The Morgan fingerprint density at radius 1 is 0.925 bits per heavy atom. The van der Waals surface area contributed by atoms with Crippen LogP contribution in [0.5, 0.6) is 17.2 Å². The van der Waals surface area contributed by atoms with Gasteiger partial charge in [-0.2, -0.15) is 0 Å². The van der Waals surface area contributed by atoms with Crippen LogP contribution >= 0.6 is 0 Å². The third-order valence-electron chi connectivity index (χ3n) is 6.86. The molecule has 1 heterocycles. The highest BCUT2D eigenvalue weighted by molar-refractivity contribution is 5.88. The fraction of sp³-hybridized carbons (Fsp3) is 0.188. The summed E-state index contributed by atoms with van der Waals surface area (Å²) in [6.45, 7) is 0.265. The lowest BCUT2D eigenvalue weighted by atomic mass is 9.91. The van der Waals surface area contributed by atoms with Gasteiger partial charge in [0.25, 0.3) is 5.91 Å². The van der Waals surface area contributed by atoms with Crippen LogP contribution in [0.1, 0.15) is 28.4 Å². The van der Waals surface area contributed by atoms with Gasteiger partial charge in [0.05, 0.1) is 7.11 Å². The third kappa shape index (κ3) is 5.61. The molecule has 4 aromatic rings. The van der Waals surface area contributed by atoms with Gasteiger partial charge in [-0.05, 0) is 29.3 Å². The number of fused-ring (bicyclic) bond motifs is 1. The van der Waals surface area contributed by atoms with E-state index in [9.17, 15) is 19.1 Å². The van der Waals surface area contributed by atoms with Gasteiger partial charge in [0.15, 0.2) is 23.1 Å². The molecule has 1 aliphatic rings. The van der Waals surface area contributed by atoms with Gasteiger partial charge in [0, 0.05) is 24.1 Å². The average molecular weight is 542 g/mol. The van der Waals surface area contributed by atoms with Crippen LogP contribution < -0.4 is 14.2 Å². The van der Waals surface area contributed by atoms with Crippen LogP contribution in [0.15, 0.2) is 97.1 Å². The fourth-order valence-electron chi connectivity index (χ4n) is 4.82. The maximum absolute atomic E-state index is 14.5. The molecule has 0 bridgehead atoms. The van der Waals surface area contributed by atoms with Crippen LogP contribution in [0.2, 0.25) is 0 Å². The van der Waals surface area contributed by atoms with E-state index in [0.29, 0.717) is 22.6 Å². The van der Waals surface area contributed by atoms with Crippen molar-refractivity contribution in [2.45, 2.75) is 31.7 Å². The fourth-order valence-corrected chi connectivity index (χ4v) is 4.82. The second-order valence-electron chi connectivity index (χ2n) is 9.37. The molecule has 8 heteroatoms. The molecule has 1 aliphatic heterocycles. The number of rotatable bonds is 9. The van der Waals surface area contributed by atoms with Crippen LogP contribution in [-0.4, -0.2) is 35.0 Å². The van der Waals surface area contributed by atoms with E-state index >= 15 is 0 Å². The number of amides is 1. The predicted octanol–water partition coefficient (Wildman–Crippen LogP) is 5.57. The number of para-hydroxylation sites is 1. The number of carbonyl (C=O) groups excluding carboxylic acids is 1. The lowest BCUT2D eigenvalue weighted by Gasteiger charge is -2.37. The number of carboxylic acids is 1. The van der Waals surface area contributed by atoms with E-state index in [1.165, 1.54) is 30.2 Å². The van der Waals surface area contributed by atoms with Crippen molar-refractivity contribution >= 4 is 11.9 Å². The number of carbonyl (C=O) groups is 2. The highest BCUT2D eigenvalue weighted by Crippen LogP contribution is 2.40. The molecule has 0 radical (unpaired) electrons. The molecule has 5 rings (SSSR count). The van der Waals surface area contributed by atoms with E-state index < -0.39 is 29.8 Å². The van der Waals surface area contributed by atoms with Gasteiger partial charge in [0.2, 0.25) is 6.10 Å². The molecule has 0 saturated heterocycles. The summed E-state index contributed by atoms with van der Waals surface area (Å²) >= 11 is 0. The quantitative estimate of drug-likeness (QED) is 0.298. The highest BCUT2D eigenvalue weighted by Gasteiger charge is 2.40. The van der Waals surface area contributed by atoms with Crippen LogP contribution in [0, 0.1) is 5.82 Å². The molecule has 0 unspecified atom stereocenters. The van der Waals surface area contributed by atoms with E-state index in [1.54, 1.807) is 48.5 Å². The topological polar surface area (TPSA) is 85.3 Å². The zero-order valence-corrected chi connectivity index (χ0v) is 21.8. The number of nitrogens with zero attached hydrogens (tertiary/aromatic N) is 1. The normalized spacial score (nSPS) is 15.1. The Labute approximate surface area is 231 Å². The second kappa shape index (κ2) is 11.9. The van der Waals surface area contributed by atoms with Gasteiger partial charge in [-0.1, -0.05) is 78.9 Å². The van der Waals surface area contributed by atoms with Crippen LogP contribution in [0.4, 0.5) is 4.39 Å². The maximum Gasteiger partial charge on any atom is 0.326 e. The summed E-state index contributed by atoms with van der Waals surface area (Å²) in [5, 5.41) is 10.2. The predicted molar refractivity (Wildman–Crippen MR) is 146 cm³/mol. The third-order valence-corrected chi connectivity index (χ3v) is 6.86. The van der Waals surface area contributed by atoms with Gasteiger partial charge in [-0.3, -0.25) is 4.79 Å². The van der Waals surface area contributed by atoms with Crippen LogP contribution in [0.3, 0.4) is 0 Å². The molecule has 7 nitrogen and oxygen atoms in total. The number of aliphatic carboxylic acids is 1. The minimum absolute atomic E-state index is 0.000784. The summed E-state index contributed by atoms with van der Waals surface area (Å²) in [5.74, 6) is -1.56. The average Bonchev–Trinajstić information content (AvgIpc) is 2.99. The number of hydrogen-bond acceptors (Lipinski definition) is 5. The second-order valence-corrected chi connectivity index (χ2v) is 9.37. The summed E-state index contributed by atoms with van der Waals surface area (Å²) in [7, 11) is 1.52. The van der Waals surface area contributed by atoms with Gasteiger partial charge in [-0.25, -0.2) is 9.18 Å². The zero-order valence-electron chi connectivity index (χ0n) is 21.8. The molecule has 4 aromatic carbocycles. The van der Waals surface area contributed by atoms with Gasteiger partial charge >= 0.3 is 5.97 Å². The Hall–Kier alpha value is -4.85. The van der Waals surface area contributed by atoms with Crippen molar-refractivity contribution in [2.75, 3.05) is 7.11 Å². The largest absolute Gasteiger partial charge is 0.493 e. The van der Waals surface area contributed by atoms with Gasteiger partial charge in [-0.15, -0.1) is 0 Å². The van der Waals surface area contributed by atoms with Crippen molar-refractivity contribution in [3.05, 3.63) is 125 Å². The first-order valence-electron chi connectivity index (χ1n) is 12.8. The molecule has 0 aliphatic carbocycles. The van der Waals surface area contributed by atoms with Gasteiger partial charge < -0.3 is 24.2 Å². The van der Waals surface area contributed by atoms with Crippen molar-refractivity contribution in [1.82, 2.24) is 4.90 Å². The number of benzene rings is 4. The Bertz CT molecular complexity index is 1490. The summed E-state index contributed by atoms with van der Waals surface area (Å²) in [4.78, 5) is 27.8. The molecule has 0 aromatic heterocycles. The van der Waals surface area contributed by atoms with Crippen molar-refractivity contribution in [3.63, 3.8) is 0 Å². The first-order valence-corrected chi connectivity index (χ1v) is 12.8. The van der Waals surface area contributed by atoms with Crippen molar-refractivity contribution in [2.24, 2.45) is 0 Å². The monoisotopic (exact) mass is 541 g/mol. The Kier molecular flexibility index (Phi) is 7.96. The van der Waals surface area contributed by atoms with E-state index in [-0.39, 0.29) is 25.3 Å². The molecular formula is C32H28FNO6. The Morgan fingerprint density at radius 3 is 2.27 bits per heavy atom. The van der Waals surface area contributed by atoms with E-state index in [4.69, 9.17) is 14.2 Å². The number of halogens is 1. The molecule has 0 spiro atoms. The molecule has 204 valence electrons. The number of ether oxygens (including phenoxy) is 3. The minimum Gasteiger partial charge on any atom is -0.493 e. The first kappa shape index (κ1) is 26.7. The molecular weight excluding hydrogens is 513 g/mol. The smallest absolute Gasteiger partial charge is 0.326 e. The summed E-state index contributed by atoms with van der Waals surface area (Å²) < 4.78 is 32.1. The van der Waals surface area contributed by atoms with E-state index in [0.717, 1.165) is 11.1 Å². The first-order chi connectivity index (χ1) is 19.5. The summed E-state index contributed by atoms with van der Waals surface area (Å²) in [6, 6.07) is 26.4. The summed E-state index contributed by atoms with van der Waals surface area (Å²) in [5.41, 5.74) is 2.82. The van der Waals surface area contributed by atoms with Crippen LogP contribution in [0.25, 0.3) is 0 Å². The molecule has 40 heavy (non-hydrogen) atoms. The maximum atomic E-state index is 14.5. The summed E-state index contributed by atoms with van der Waals surface area (Å²) in [6.07, 6.45) is -1.26. The number of carboxylic acid groups (broad SMARTS) is 1. The molecule has 1 amide bonds. The van der Waals surface area contributed by atoms with Crippen LogP contribution in [-0.2, 0) is 29.2 Å². The Balaban J connectivity index is 1.49. The SMILES string of the molecule is COc1ccc2c(c1OCc1ccccc1)C[C@H](C(=O)O)N(C(=O)[C@H](Oc1ccccc1F)c1ccccc1)C2. The van der Waals surface area contributed by atoms with E-state index in [1.807, 2.05) is 30.3 Å². The number of hydrogen-bond donors (Lipinski definition) is 1. The lowest BCUT2D eigenvalue weighted by Crippen LogP contribution is -2.51.